The third-order valence-corrected chi connectivity index (χ3v) is 10.0. The van der Waals surface area contributed by atoms with Crippen molar-refractivity contribution in [3.63, 3.8) is 0 Å². The topological polar surface area (TPSA) is 97.1 Å². The molecule has 3 saturated heterocycles. The van der Waals surface area contributed by atoms with Crippen molar-refractivity contribution in [3.8, 4) is 11.3 Å². The molecule has 3 aromatic rings. The smallest absolute Gasteiger partial charge is 0.322 e. The van der Waals surface area contributed by atoms with E-state index in [-0.39, 0.29) is 30.1 Å². The van der Waals surface area contributed by atoms with E-state index in [0.717, 1.165) is 43.4 Å². The molecule has 3 amide bonds. The summed E-state index contributed by atoms with van der Waals surface area (Å²) in [6, 6.07) is 12.6. The van der Waals surface area contributed by atoms with Gasteiger partial charge in [-0.1, -0.05) is 47.4 Å². The van der Waals surface area contributed by atoms with Crippen molar-refractivity contribution in [2.75, 3.05) is 31.6 Å². The van der Waals surface area contributed by atoms with Crippen molar-refractivity contribution >= 4 is 40.8 Å². The third kappa shape index (κ3) is 5.83. The highest BCUT2D eigenvalue weighted by molar-refractivity contribution is 6.39. The van der Waals surface area contributed by atoms with Crippen LogP contribution in [0.5, 0.6) is 0 Å². The number of anilines is 1. The number of carbonyl (C=O) groups is 2. The van der Waals surface area contributed by atoms with Gasteiger partial charge in [0.05, 0.1) is 36.0 Å². The fourth-order valence-electron chi connectivity index (χ4n) is 7.04. The lowest BCUT2D eigenvalue weighted by Gasteiger charge is -2.39. The molecule has 0 spiro atoms. The maximum absolute atomic E-state index is 13.6. The number of ether oxygens (including phenoxy) is 2. The second-order valence-corrected chi connectivity index (χ2v) is 13.2. The number of nitrogens with zero attached hydrogens (tertiary/aromatic N) is 3. The lowest BCUT2D eigenvalue weighted by Crippen LogP contribution is -2.51. The molecule has 3 aliphatic heterocycles. The number of nitrogens with one attached hydrogen (secondary N) is 1. The highest BCUT2D eigenvalue weighted by atomic mass is 35.5. The number of halogens is 2. The number of morpholine rings is 1. The van der Waals surface area contributed by atoms with Crippen LogP contribution < -0.4 is 5.32 Å². The zero-order chi connectivity index (χ0) is 30.4. The summed E-state index contributed by atoms with van der Waals surface area (Å²) in [4.78, 5) is 30.4. The first-order valence-electron chi connectivity index (χ1n) is 15.5. The highest BCUT2D eigenvalue weighted by Gasteiger charge is 2.48. The van der Waals surface area contributed by atoms with Gasteiger partial charge in [0.2, 0.25) is 0 Å². The van der Waals surface area contributed by atoms with Gasteiger partial charge in [-0.25, -0.2) is 4.79 Å². The van der Waals surface area contributed by atoms with Gasteiger partial charge in [-0.2, -0.15) is 0 Å². The van der Waals surface area contributed by atoms with Crippen LogP contribution in [0.25, 0.3) is 11.3 Å². The Hall–Kier alpha value is -3.11. The lowest BCUT2D eigenvalue weighted by molar-refractivity contribution is -0.0181. The molecule has 1 saturated carbocycles. The van der Waals surface area contributed by atoms with Crippen molar-refractivity contribution in [2.24, 2.45) is 5.92 Å². The first-order chi connectivity index (χ1) is 21.4. The van der Waals surface area contributed by atoms with Crippen LogP contribution in [0.3, 0.4) is 0 Å². The van der Waals surface area contributed by atoms with E-state index < -0.39 is 0 Å². The zero-order valence-electron chi connectivity index (χ0n) is 24.6. The molecule has 1 aliphatic carbocycles. The molecule has 1 aromatic heterocycles. The minimum atomic E-state index is -0.135. The summed E-state index contributed by atoms with van der Waals surface area (Å²) in [6.45, 7) is 4.78. The molecular weight excluding hydrogens is 603 g/mol. The van der Waals surface area contributed by atoms with Crippen molar-refractivity contribution < 1.29 is 23.6 Å². The molecule has 9 nitrogen and oxygen atoms in total. The van der Waals surface area contributed by atoms with Gasteiger partial charge in [0.25, 0.3) is 5.91 Å². The average Bonchev–Trinajstić information content (AvgIpc) is 3.75. The van der Waals surface area contributed by atoms with Crippen molar-refractivity contribution in [1.29, 1.82) is 0 Å². The number of benzene rings is 2. The van der Waals surface area contributed by atoms with Crippen LogP contribution in [0.1, 0.15) is 66.6 Å². The Bertz CT molecular complexity index is 1530. The van der Waals surface area contributed by atoms with Crippen molar-refractivity contribution in [3.05, 3.63) is 69.4 Å². The number of urea groups is 1. The molecule has 0 radical (unpaired) electrons. The van der Waals surface area contributed by atoms with E-state index in [1.165, 1.54) is 0 Å². The Morgan fingerprint density at radius 2 is 1.80 bits per heavy atom. The molecular formula is C33H36Cl2N4O5. The monoisotopic (exact) mass is 638 g/mol. The Balaban J connectivity index is 1.02. The van der Waals surface area contributed by atoms with Crippen LogP contribution in [-0.4, -0.2) is 71.4 Å². The van der Waals surface area contributed by atoms with Gasteiger partial charge in [-0.3, -0.25) is 4.79 Å². The van der Waals surface area contributed by atoms with E-state index in [9.17, 15) is 9.59 Å². The normalized spacial score (nSPS) is 24.9. The van der Waals surface area contributed by atoms with E-state index >= 15 is 0 Å². The standard InChI is InChI=1S/C33H36Cl2N4O5/c1-19-14-23-16-24(43-18-25-30(37-44-31(25)20-8-9-20)29-26(34)6-3-7-27(29)35)17-28(19)39(23)33(41)36-22-5-2-4-21(15-22)32(40)38-10-12-42-13-11-38/h2-7,15,19-20,23-24,28H,8-14,16-18H2,1H3,(H,36,41)/t19-,23?,24+,28?/m1/s1. The molecule has 2 unspecified atom stereocenters. The number of hydrogen-bond donors (Lipinski definition) is 1. The maximum atomic E-state index is 13.6. The largest absolute Gasteiger partial charge is 0.378 e. The predicted molar refractivity (Wildman–Crippen MR) is 167 cm³/mol. The SMILES string of the molecule is C[C@@H]1CC2C[C@H](OCc3c(-c4c(Cl)cccc4Cl)noc3C3CC3)CC1N2C(=O)Nc1cccc(C(=O)N2CCOCC2)c1. The minimum Gasteiger partial charge on any atom is -0.378 e. The Morgan fingerprint density at radius 1 is 1.05 bits per heavy atom. The second kappa shape index (κ2) is 12.4. The van der Waals surface area contributed by atoms with E-state index in [1.807, 2.05) is 23.1 Å². The molecule has 44 heavy (non-hydrogen) atoms. The minimum absolute atomic E-state index is 0.00927. The third-order valence-electron chi connectivity index (χ3n) is 9.41. The van der Waals surface area contributed by atoms with Gasteiger partial charge >= 0.3 is 6.03 Å². The van der Waals surface area contributed by atoms with Gasteiger partial charge in [0.1, 0.15) is 11.5 Å². The fourth-order valence-corrected chi connectivity index (χ4v) is 7.61. The molecule has 2 aromatic carbocycles. The van der Waals surface area contributed by atoms with Crippen molar-refractivity contribution in [1.82, 2.24) is 15.0 Å². The number of hydrogen-bond acceptors (Lipinski definition) is 6. The van der Waals surface area contributed by atoms with Crippen LogP contribution in [0.4, 0.5) is 10.5 Å². The molecule has 11 heteroatoms. The number of rotatable bonds is 7. The highest BCUT2D eigenvalue weighted by Crippen LogP contribution is 2.47. The summed E-state index contributed by atoms with van der Waals surface area (Å²) in [5, 5.41) is 8.51. The Morgan fingerprint density at radius 3 is 2.52 bits per heavy atom. The van der Waals surface area contributed by atoms with Crippen LogP contribution in [0, 0.1) is 5.92 Å². The molecule has 4 fully saturated rings. The van der Waals surface area contributed by atoms with Gasteiger partial charge in [-0.15, -0.1) is 0 Å². The van der Waals surface area contributed by atoms with Gasteiger partial charge in [0, 0.05) is 53.5 Å². The molecule has 4 atom stereocenters. The van der Waals surface area contributed by atoms with Crippen LogP contribution in [-0.2, 0) is 16.1 Å². The second-order valence-electron chi connectivity index (χ2n) is 12.4. The lowest BCUT2D eigenvalue weighted by atomic mass is 9.97. The van der Waals surface area contributed by atoms with Gasteiger partial charge in [-0.05, 0) is 68.4 Å². The first kappa shape index (κ1) is 29.6. The molecule has 4 heterocycles. The van der Waals surface area contributed by atoms with Crippen LogP contribution in [0.2, 0.25) is 10.0 Å². The summed E-state index contributed by atoms with van der Waals surface area (Å²) < 4.78 is 17.8. The summed E-state index contributed by atoms with van der Waals surface area (Å²) in [5.74, 6) is 1.51. The van der Waals surface area contributed by atoms with Gasteiger partial charge < -0.3 is 29.1 Å². The summed E-state index contributed by atoms with van der Waals surface area (Å²) >= 11 is 13.1. The number of piperidine rings is 1. The fraction of sp³-hybridized carbons (Fsp3) is 0.485. The molecule has 7 rings (SSSR count). The Labute approximate surface area is 266 Å². The number of carbonyl (C=O) groups excluding carboxylic acids is 2. The first-order valence-corrected chi connectivity index (χ1v) is 16.2. The van der Waals surface area contributed by atoms with Gasteiger partial charge in [0.15, 0.2) is 0 Å². The molecule has 1 N–H and O–H groups in total. The summed E-state index contributed by atoms with van der Waals surface area (Å²) in [7, 11) is 0. The summed E-state index contributed by atoms with van der Waals surface area (Å²) in [5.41, 5.74) is 3.40. The number of aromatic nitrogens is 1. The quantitative estimate of drug-likeness (QED) is 0.300. The number of fused-ring (bicyclic) bond motifs is 2. The molecule has 4 aliphatic rings. The van der Waals surface area contributed by atoms with Crippen LogP contribution >= 0.6 is 23.2 Å². The van der Waals surface area contributed by atoms with E-state index in [2.05, 4.69) is 17.4 Å². The van der Waals surface area contributed by atoms with Crippen LogP contribution in [0.15, 0.2) is 47.0 Å². The maximum Gasteiger partial charge on any atom is 0.322 e. The van der Waals surface area contributed by atoms with E-state index in [4.69, 9.17) is 37.2 Å². The number of amides is 3. The summed E-state index contributed by atoms with van der Waals surface area (Å²) in [6.07, 6.45) is 4.54. The Kier molecular flexibility index (Phi) is 8.31. The predicted octanol–water partition coefficient (Wildman–Crippen LogP) is 6.99. The van der Waals surface area contributed by atoms with E-state index in [1.54, 1.807) is 29.2 Å². The molecule has 232 valence electrons. The van der Waals surface area contributed by atoms with Crippen molar-refractivity contribution in [2.45, 2.75) is 69.7 Å². The average molecular weight is 640 g/mol. The zero-order valence-corrected chi connectivity index (χ0v) is 26.1. The molecule has 2 bridgehead atoms. The van der Waals surface area contributed by atoms with E-state index in [0.29, 0.717) is 77.3 Å².